The largest absolute Gasteiger partial charge is 0.487 e. The average Bonchev–Trinajstić information content (AvgIpc) is 2.97. The molecule has 1 heterocycles. The van der Waals surface area contributed by atoms with Gasteiger partial charge in [0.1, 0.15) is 18.7 Å². The van der Waals surface area contributed by atoms with Crippen LogP contribution in [0.25, 0.3) is 0 Å². The Labute approximate surface area is 181 Å². The molecular formula is C24H35N5O. The standard InChI is InChI=1S/C21H28N4O.C3H7N/c1-6-10-26-21-9-8-17(12-20(21)22-5)13-23-16(4)19-11-15(3)18(7-2)24-14-25-19;1-2-3-4/h6,8-9,12,14,22-23H,1,4,7,10-11,13H2,2-3,5H3;2-3H,4H2,1H3/b;3-2+. The molecule has 30 heavy (non-hydrogen) atoms. The van der Waals surface area contributed by atoms with Gasteiger partial charge in [0.25, 0.3) is 0 Å². The van der Waals surface area contributed by atoms with Crippen LogP contribution in [0.2, 0.25) is 0 Å². The summed E-state index contributed by atoms with van der Waals surface area (Å²) in [6.45, 7) is 15.0. The van der Waals surface area contributed by atoms with Crippen molar-refractivity contribution in [2.75, 3.05) is 19.0 Å². The van der Waals surface area contributed by atoms with Gasteiger partial charge in [-0.2, -0.15) is 0 Å². The van der Waals surface area contributed by atoms with Gasteiger partial charge in [-0.15, -0.1) is 0 Å². The minimum Gasteiger partial charge on any atom is -0.487 e. The van der Waals surface area contributed by atoms with Gasteiger partial charge >= 0.3 is 0 Å². The first-order valence-corrected chi connectivity index (χ1v) is 10.1. The van der Waals surface area contributed by atoms with Crippen molar-refractivity contribution in [3.05, 3.63) is 72.2 Å². The summed E-state index contributed by atoms with van der Waals surface area (Å²) in [6.07, 6.45) is 8.32. The third-order valence-corrected chi connectivity index (χ3v) is 4.40. The molecule has 0 atom stereocenters. The van der Waals surface area contributed by atoms with Crippen LogP contribution < -0.4 is 21.1 Å². The number of hydrogen-bond donors (Lipinski definition) is 3. The summed E-state index contributed by atoms with van der Waals surface area (Å²) in [4.78, 5) is 8.84. The summed E-state index contributed by atoms with van der Waals surface area (Å²) >= 11 is 0. The summed E-state index contributed by atoms with van der Waals surface area (Å²) < 4.78 is 5.64. The number of hydrogen-bond acceptors (Lipinski definition) is 6. The Morgan fingerprint density at radius 1 is 1.37 bits per heavy atom. The van der Waals surface area contributed by atoms with Gasteiger partial charge in [0.15, 0.2) is 0 Å². The summed E-state index contributed by atoms with van der Waals surface area (Å²) in [5.74, 6) is 0.812. The highest BCUT2D eigenvalue weighted by atomic mass is 16.5. The third-order valence-electron chi connectivity index (χ3n) is 4.40. The van der Waals surface area contributed by atoms with E-state index in [2.05, 4.69) is 53.7 Å². The van der Waals surface area contributed by atoms with Gasteiger partial charge in [0.2, 0.25) is 0 Å². The van der Waals surface area contributed by atoms with Crippen molar-refractivity contribution in [2.24, 2.45) is 15.7 Å². The van der Waals surface area contributed by atoms with Crippen LogP contribution in [-0.2, 0) is 6.54 Å². The van der Waals surface area contributed by atoms with Gasteiger partial charge in [-0.25, -0.2) is 9.98 Å². The Balaban J connectivity index is 0.00000103. The van der Waals surface area contributed by atoms with Crippen molar-refractivity contribution in [3.63, 3.8) is 0 Å². The van der Waals surface area contributed by atoms with Crippen LogP contribution in [0.4, 0.5) is 5.69 Å². The Kier molecular flexibility index (Phi) is 11.4. The summed E-state index contributed by atoms with van der Waals surface area (Å²) in [5, 5.41) is 6.53. The van der Waals surface area contributed by atoms with Crippen molar-refractivity contribution >= 4 is 17.7 Å². The van der Waals surface area contributed by atoms with E-state index in [0.29, 0.717) is 13.2 Å². The fraction of sp³-hybridized carbons (Fsp3) is 0.333. The summed E-state index contributed by atoms with van der Waals surface area (Å²) in [6, 6.07) is 6.07. The van der Waals surface area contributed by atoms with Gasteiger partial charge in [-0.1, -0.05) is 38.3 Å². The molecule has 0 aromatic heterocycles. The first kappa shape index (κ1) is 24.8. The maximum Gasteiger partial charge on any atom is 0.142 e. The van der Waals surface area contributed by atoms with Gasteiger partial charge in [0, 0.05) is 31.4 Å². The average molecular weight is 410 g/mol. The highest BCUT2D eigenvalue weighted by molar-refractivity contribution is 6.04. The fourth-order valence-corrected chi connectivity index (χ4v) is 2.72. The molecule has 1 aromatic carbocycles. The minimum absolute atomic E-state index is 0.483. The zero-order chi connectivity index (χ0) is 22.4. The van der Waals surface area contributed by atoms with Crippen LogP contribution in [0.5, 0.6) is 5.75 Å². The van der Waals surface area contributed by atoms with Crippen molar-refractivity contribution in [2.45, 2.75) is 40.2 Å². The molecule has 162 valence electrons. The normalized spacial score (nSPS) is 13.1. The van der Waals surface area contributed by atoms with Crippen LogP contribution in [0.1, 0.15) is 39.2 Å². The number of nitrogens with zero attached hydrogens (tertiary/aromatic N) is 2. The Bertz CT molecular complexity index is 830. The molecule has 1 aromatic rings. The topological polar surface area (TPSA) is 84.0 Å². The number of nitrogens with two attached hydrogens (primary N) is 1. The summed E-state index contributed by atoms with van der Waals surface area (Å²) in [5.41, 5.74) is 11.0. The highest BCUT2D eigenvalue weighted by Crippen LogP contribution is 2.25. The molecule has 0 bridgehead atoms. The lowest BCUT2D eigenvalue weighted by molar-refractivity contribution is 0.365. The van der Waals surface area contributed by atoms with E-state index in [4.69, 9.17) is 10.5 Å². The zero-order valence-electron chi connectivity index (χ0n) is 18.7. The number of aliphatic imine (C=N–C) groups is 2. The number of benzene rings is 1. The van der Waals surface area contributed by atoms with Gasteiger partial charge in [-0.3, -0.25) is 0 Å². The number of anilines is 1. The van der Waals surface area contributed by atoms with Crippen LogP contribution in [-0.4, -0.2) is 25.7 Å². The van der Waals surface area contributed by atoms with Gasteiger partial charge < -0.3 is 21.1 Å². The number of allylic oxidation sites excluding steroid dienone is 4. The first-order valence-electron chi connectivity index (χ1n) is 10.1. The molecule has 1 aliphatic rings. The minimum atomic E-state index is 0.483. The van der Waals surface area contributed by atoms with Crippen LogP contribution in [0.15, 0.2) is 76.7 Å². The number of nitrogens with one attached hydrogen (secondary N) is 2. The lowest BCUT2D eigenvalue weighted by atomic mass is 10.1. The van der Waals surface area contributed by atoms with Crippen LogP contribution >= 0.6 is 0 Å². The smallest absolute Gasteiger partial charge is 0.142 e. The van der Waals surface area contributed by atoms with E-state index >= 15 is 0 Å². The Hall–Kier alpha value is -3.28. The molecule has 4 N–H and O–H groups in total. The van der Waals surface area contributed by atoms with Crippen molar-refractivity contribution in [1.82, 2.24) is 5.32 Å². The van der Waals surface area contributed by atoms with E-state index in [9.17, 15) is 0 Å². The second-order valence-electron chi connectivity index (χ2n) is 6.62. The number of rotatable bonds is 9. The van der Waals surface area contributed by atoms with Gasteiger partial charge in [-0.05, 0) is 49.7 Å². The second-order valence-corrected chi connectivity index (χ2v) is 6.62. The second kappa shape index (κ2) is 13.8. The molecule has 0 amide bonds. The molecule has 0 unspecified atom stereocenters. The maximum absolute atomic E-state index is 5.64. The molecule has 0 fully saturated rings. The zero-order valence-corrected chi connectivity index (χ0v) is 18.7. The molecule has 2 rings (SSSR count). The van der Waals surface area contributed by atoms with Crippen molar-refractivity contribution < 1.29 is 4.74 Å². The molecule has 1 aliphatic heterocycles. The SMILES string of the molecule is C/C=C/N.C=CCOc1ccc(CNC(=C)C2=NC=NC(CC)=C(C)C2)cc1NC. The highest BCUT2D eigenvalue weighted by Gasteiger charge is 2.11. The lowest BCUT2D eigenvalue weighted by Gasteiger charge is -2.14. The number of ether oxygens (including phenoxy) is 1. The van der Waals surface area contributed by atoms with Gasteiger partial charge in [0.05, 0.1) is 11.4 Å². The lowest BCUT2D eigenvalue weighted by Crippen LogP contribution is -2.19. The van der Waals surface area contributed by atoms with Crippen molar-refractivity contribution in [1.29, 1.82) is 0 Å². The van der Waals surface area contributed by atoms with E-state index in [1.54, 1.807) is 18.5 Å². The predicted molar refractivity (Wildman–Crippen MR) is 130 cm³/mol. The molecule has 0 spiro atoms. The van der Waals surface area contributed by atoms with E-state index in [1.165, 1.54) is 11.8 Å². The summed E-state index contributed by atoms with van der Waals surface area (Å²) in [7, 11) is 1.88. The van der Waals surface area contributed by atoms with E-state index in [1.807, 2.05) is 26.1 Å². The monoisotopic (exact) mass is 409 g/mol. The molecule has 0 saturated carbocycles. The Morgan fingerprint density at radius 3 is 2.70 bits per heavy atom. The predicted octanol–water partition coefficient (Wildman–Crippen LogP) is 4.93. The molecular weight excluding hydrogens is 374 g/mol. The van der Waals surface area contributed by atoms with E-state index in [-0.39, 0.29) is 0 Å². The quantitative estimate of drug-likeness (QED) is 0.505. The fourth-order valence-electron chi connectivity index (χ4n) is 2.72. The third kappa shape index (κ3) is 7.99. The van der Waals surface area contributed by atoms with Crippen molar-refractivity contribution in [3.8, 4) is 5.75 Å². The molecule has 0 aliphatic carbocycles. The van der Waals surface area contributed by atoms with E-state index in [0.717, 1.165) is 46.9 Å². The van der Waals surface area contributed by atoms with E-state index < -0.39 is 0 Å². The molecule has 6 heteroatoms. The molecule has 0 radical (unpaired) electrons. The molecule has 6 nitrogen and oxygen atoms in total. The Morgan fingerprint density at radius 2 is 2.10 bits per heavy atom. The van der Waals surface area contributed by atoms with Crippen LogP contribution in [0, 0.1) is 0 Å². The maximum atomic E-state index is 5.64. The molecule has 0 saturated heterocycles. The first-order chi connectivity index (χ1) is 14.5. The van der Waals surface area contributed by atoms with Crippen LogP contribution in [0.3, 0.4) is 0 Å².